The summed E-state index contributed by atoms with van der Waals surface area (Å²) in [5, 5.41) is 17.9. The van der Waals surface area contributed by atoms with Gasteiger partial charge in [-0.1, -0.05) is 18.2 Å². The van der Waals surface area contributed by atoms with Crippen molar-refractivity contribution in [2.45, 2.75) is 16.6 Å². The van der Waals surface area contributed by atoms with Crippen molar-refractivity contribution in [1.82, 2.24) is 4.90 Å². The van der Waals surface area contributed by atoms with Crippen LogP contribution in [-0.2, 0) is 6.42 Å². The molecule has 0 aromatic heterocycles. The molecule has 1 heterocycles. The van der Waals surface area contributed by atoms with Crippen LogP contribution < -0.4 is 0 Å². The van der Waals surface area contributed by atoms with Gasteiger partial charge in [0.1, 0.15) is 0 Å². The molecule has 0 aliphatic carbocycles. The fourth-order valence-electron chi connectivity index (χ4n) is 2.03. The van der Waals surface area contributed by atoms with Crippen molar-refractivity contribution in [3.63, 3.8) is 0 Å². The Balaban J connectivity index is 1.95. The van der Waals surface area contributed by atoms with E-state index in [2.05, 4.69) is 36.4 Å². The molecule has 2 rings (SSSR count). The molecule has 0 bridgehead atoms. The lowest BCUT2D eigenvalue weighted by Gasteiger charge is -2.18. The summed E-state index contributed by atoms with van der Waals surface area (Å²) in [4.78, 5) is 3.25. The Bertz CT molecular complexity index is 431. The lowest BCUT2D eigenvalue weighted by atomic mass is 10.1. The average molecular weight is 243 g/mol. The molecule has 0 spiro atoms. The standard InChI is InChI=1S/C13H13N3S/c14-5-7-16(8-6-15)10-12-9-11-3-1-2-4-13(11)17-12/h1-4,12H,7-10H2. The maximum Gasteiger partial charge on any atom is 0.0874 e. The van der Waals surface area contributed by atoms with Crippen molar-refractivity contribution in [2.24, 2.45) is 0 Å². The first kappa shape index (κ1) is 12.0. The number of hydrogen-bond acceptors (Lipinski definition) is 4. The van der Waals surface area contributed by atoms with Crippen LogP contribution in [0.4, 0.5) is 0 Å². The summed E-state index contributed by atoms with van der Waals surface area (Å²) in [6.07, 6.45) is 1.04. The molecule has 0 N–H and O–H groups in total. The van der Waals surface area contributed by atoms with Crippen LogP contribution in [0.1, 0.15) is 5.56 Å². The van der Waals surface area contributed by atoms with E-state index in [1.807, 2.05) is 16.7 Å². The minimum absolute atomic E-state index is 0.334. The summed E-state index contributed by atoms with van der Waals surface area (Å²) in [5.74, 6) is 0. The summed E-state index contributed by atoms with van der Waals surface area (Å²) >= 11 is 1.86. The Hall–Kier alpha value is -1.49. The Labute approximate surface area is 106 Å². The molecule has 0 radical (unpaired) electrons. The van der Waals surface area contributed by atoms with E-state index >= 15 is 0 Å². The zero-order chi connectivity index (χ0) is 12.1. The first-order chi connectivity index (χ1) is 8.33. The van der Waals surface area contributed by atoms with Gasteiger partial charge in [0.25, 0.3) is 0 Å². The van der Waals surface area contributed by atoms with Gasteiger partial charge in [-0.15, -0.1) is 11.8 Å². The molecular weight excluding hydrogens is 230 g/mol. The predicted octanol–water partition coefficient (Wildman–Crippen LogP) is 2.05. The molecule has 17 heavy (non-hydrogen) atoms. The Morgan fingerprint density at radius 1 is 1.24 bits per heavy atom. The van der Waals surface area contributed by atoms with Gasteiger partial charge in [-0.3, -0.25) is 4.90 Å². The topological polar surface area (TPSA) is 50.8 Å². The molecule has 0 saturated heterocycles. The highest BCUT2D eigenvalue weighted by molar-refractivity contribution is 8.00. The van der Waals surface area contributed by atoms with Crippen LogP contribution in [0.25, 0.3) is 0 Å². The summed E-state index contributed by atoms with van der Waals surface area (Å²) in [7, 11) is 0. The van der Waals surface area contributed by atoms with E-state index in [1.54, 1.807) is 0 Å². The molecule has 1 unspecified atom stereocenters. The number of fused-ring (bicyclic) bond motifs is 1. The number of rotatable bonds is 4. The first-order valence-corrected chi connectivity index (χ1v) is 6.42. The molecule has 0 saturated carbocycles. The van der Waals surface area contributed by atoms with Gasteiger partial charge in [-0.05, 0) is 18.1 Å². The van der Waals surface area contributed by atoms with Crippen LogP contribution in [0.3, 0.4) is 0 Å². The van der Waals surface area contributed by atoms with Crippen molar-refractivity contribution >= 4 is 11.8 Å². The molecule has 0 amide bonds. The first-order valence-electron chi connectivity index (χ1n) is 5.54. The van der Waals surface area contributed by atoms with E-state index in [-0.39, 0.29) is 0 Å². The smallest absolute Gasteiger partial charge is 0.0874 e. The quantitative estimate of drug-likeness (QED) is 0.759. The van der Waals surface area contributed by atoms with Crippen molar-refractivity contribution in [1.29, 1.82) is 10.5 Å². The third-order valence-corrected chi connectivity index (χ3v) is 4.07. The monoisotopic (exact) mass is 243 g/mol. The largest absolute Gasteiger partial charge is 0.276 e. The van der Waals surface area contributed by atoms with Crippen LogP contribution in [0.2, 0.25) is 0 Å². The van der Waals surface area contributed by atoms with Gasteiger partial charge in [0.15, 0.2) is 0 Å². The van der Waals surface area contributed by atoms with Gasteiger partial charge >= 0.3 is 0 Å². The number of nitrogens with zero attached hydrogens (tertiary/aromatic N) is 3. The Morgan fingerprint density at radius 2 is 1.94 bits per heavy atom. The fraction of sp³-hybridized carbons (Fsp3) is 0.385. The maximum atomic E-state index is 8.70. The molecule has 1 aromatic rings. The molecule has 1 atom stereocenters. The second kappa shape index (κ2) is 5.72. The van der Waals surface area contributed by atoms with Gasteiger partial charge in [-0.2, -0.15) is 10.5 Å². The van der Waals surface area contributed by atoms with Gasteiger partial charge < -0.3 is 0 Å². The number of nitriles is 2. The van der Waals surface area contributed by atoms with Crippen LogP contribution in [0.15, 0.2) is 29.2 Å². The van der Waals surface area contributed by atoms with Crippen molar-refractivity contribution in [3.8, 4) is 12.1 Å². The molecule has 0 fully saturated rings. The van der Waals surface area contributed by atoms with Crippen molar-refractivity contribution < 1.29 is 0 Å². The second-order valence-electron chi connectivity index (χ2n) is 4.04. The van der Waals surface area contributed by atoms with Crippen LogP contribution in [-0.4, -0.2) is 29.8 Å². The highest BCUT2D eigenvalue weighted by atomic mass is 32.2. The van der Waals surface area contributed by atoms with Gasteiger partial charge in [-0.25, -0.2) is 0 Å². The third kappa shape index (κ3) is 3.00. The summed E-state index contributed by atoms with van der Waals surface area (Å²) in [6.45, 7) is 1.47. The van der Waals surface area contributed by atoms with E-state index in [4.69, 9.17) is 10.5 Å². The van der Waals surface area contributed by atoms with E-state index in [0.29, 0.717) is 18.3 Å². The highest BCUT2D eigenvalue weighted by Gasteiger charge is 2.23. The van der Waals surface area contributed by atoms with Crippen molar-refractivity contribution in [2.75, 3.05) is 19.6 Å². The molecule has 1 aliphatic rings. The zero-order valence-corrected chi connectivity index (χ0v) is 10.3. The summed E-state index contributed by atoms with van der Waals surface area (Å²) in [5.41, 5.74) is 1.39. The highest BCUT2D eigenvalue weighted by Crippen LogP contribution is 2.36. The minimum Gasteiger partial charge on any atom is -0.276 e. The molecule has 86 valence electrons. The van der Waals surface area contributed by atoms with Gasteiger partial charge in [0, 0.05) is 16.7 Å². The lowest BCUT2D eigenvalue weighted by Crippen LogP contribution is -2.31. The number of benzene rings is 1. The van der Waals surface area contributed by atoms with Crippen LogP contribution >= 0.6 is 11.8 Å². The normalized spacial score (nSPS) is 17.5. The summed E-state index contributed by atoms with van der Waals surface area (Å²) in [6, 6.07) is 12.6. The molecule has 1 aliphatic heterocycles. The average Bonchev–Trinajstić information content (AvgIpc) is 2.71. The molecule has 1 aromatic carbocycles. The Kier molecular flexibility index (Phi) is 4.03. The minimum atomic E-state index is 0.334. The van der Waals surface area contributed by atoms with E-state index in [0.717, 1.165) is 13.0 Å². The number of hydrogen-bond donors (Lipinski definition) is 0. The number of thioether (sulfide) groups is 1. The predicted molar refractivity (Wildman–Crippen MR) is 67.5 cm³/mol. The van der Waals surface area contributed by atoms with Crippen molar-refractivity contribution in [3.05, 3.63) is 29.8 Å². The SMILES string of the molecule is N#CCN(CC#N)CC1Cc2ccccc2S1. The van der Waals surface area contributed by atoms with Crippen LogP contribution in [0, 0.1) is 22.7 Å². The zero-order valence-electron chi connectivity index (χ0n) is 9.47. The molecule has 3 nitrogen and oxygen atoms in total. The second-order valence-corrected chi connectivity index (χ2v) is 5.38. The molecular formula is C13H13N3S. The van der Waals surface area contributed by atoms with Gasteiger partial charge in [0.2, 0.25) is 0 Å². The third-order valence-electron chi connectivity index (χ3n) is 2.76. The van der Waals surface area contributed by atoms with Gasteiger partial charge in [0.05, 0.1) is 25.2 Å². The van der Waals surface area contributed by atoms with E-state index < -0.39 is 0 Å². The van der Waals surface area contributed by atoms with E-state index in [9.17, 15) is 0 Å². The summed E-state index contributed by atoms with van der Waals surface area (Å²) < 4.78 is 0. The van der Waals surface area contributed by atoms with Crippen LogP contribution in [0.5, 0.6) is 0 Å². The fourth-order valence-corrected chi connectivity index (χ4v) is 3.40. The molecule has 4 heteroatoms. The maximum absolute atomic E-state index is 8.70. The Morgan fingerprint density at radius 3 is 2.59 bits per heavy atom. The lowest BCUT2D eigenvalue weighted by molar-refractivity contribution is 0.343. The van der Waals surface area contributed by atoms with E-state index in [1.165, 1.54) is 10.5 Å².